The number of hydrogen-bond donors (Lipinski definition) is 1. The van der Waals surface area contributed by atoms with Gasteiger partial charge in [-0.2, -0.15) is 0 Å². The summed E-state index contributed by atoms with van der Waals surface area (Å²) in [6, 6.07) is 3.96. The van der Waals surface area contributed by atoms with Crippen molar-refractivity contribution in [2.45, 2.75) is 12.3 Å². The third kappa shape index (κ3) is 0.847. The highest BCUT2D eigenvalue weighted by Crippen LogP contribution is 2.46. The lowest BCUT2D eigenvalue weighted by Gasteiger charge is -1.89. The zero-order valence-electron chi connectivity index (χ0n) is 5.79. The number of hydrogen-bond acceptors (Lipinski definition) is 2. The minimum Gasteiger partial charge on any atom is -0.469 e. The summed E-state index contributed by atoms with van der Waals surface area (Å²) in [7, 11) is 0. The van der Waals surface area contributed by atoms with Gasteiger partial charge in [0.05, 0.1) is 6.26 Å². The zero-order valence-corrected chi connectivity index (χ0v) is 5.79. The van der Waals surface area contributed by atoms with Crippen molar-refractivity contribution < 1.29 is 4.42 Å². The molecule has 0 bridgehead atoms. The molecule has 1 aromatic rings. The van der Waals surface area contributed by atoms with Gasteiger partial charge in [-0.1, -0.05) is 0 Å². The summed E-state index contributed by atoms with van der Waals surface area (Å²) in [5.74, 6) is 2.42. The van der Waals surface area contributed by atoms with Gasteiger partial charge in [0.15, 0.2) is 0 Å². The average Bonchev–Trinajstić information content (AvgIpc) is 2.56. The van der Waals surface area contributed by atoms with Gasteiger partial charge in [0.25, 0.3) is 0 Å². The molecule has 54 valence electrons. The minimum absolute atomic E-state index is 0.625. The Labute approximate surface area is 60.0 Å². The maximum Gasteiger partial charge on any atom is 0.107 e. The van der Waals surface area contributed by atoms with Crippen LogP contribution in [0.3, 0.4) is 0 Å². The summed E-state index contributed by atoms with van der Waals surface area (Å²) < 4.78 is 5.23. The Balaban J connectivity index is 2.05. The van der Waals surface area contributed by atoms with Crippen molar-refractivity contribution in [3.63, 3.8) is 0 Å². The van der Waals surface area contributed by atoms with Crippen LogP contribution in [0, 0.1) is 5.92 Å². The van der Waals surface area contributed by atoms with Gasteiger partial charge in [-0.25, -0.2) is 0 Å². The molecule has 2 atom stereocenters. The predicted molar refractivity (Wildman–Crippen MR) is 38.6 cm³/mol. The standard InChI is InChI=1S/C8H11NO/c9-5-6-4-7(6)8-2-1-3-10-8/h1-3,6-7H,4-5,9H2/t6-,7-/m0/s1. The molecule has 1 aliphatic carbocycles. The number of rotatable bonds is 2. The Morgan fingerprint density at radius 2 is 2.60 bits per heavy atom. The first-order valence-corrected chi connectivity index (χ1v) is 3.65. The van der Waals surface area contributed by atoms with Crippen molar-refractivity contribution >= 4 is 0 Å². The highest BCUT2D eigenvalue weighted by Gasteiger charge is 2.38. The van der Waals surface area contributed by atoms with Crippen molar-refractivity contribution in [3.05, 3.63) is 24.2 Å². The molecule has 0 aliphatic heterocycles. The molecule has 2 N–H and O–H groups in total. The van der Waals surface area contributed by atoms with Crippen LogP contribution in [-0.4, -0.2) is 6.54 Å². The van der Waals surface area contributed by atoms with Crippen LogP contribution in [-0.2, 0) is 0 Å². The Morgan fingerprint density at radius 3 is 3.10 bits per heavy atom. The van der Waals surface area contributed by atoms with E-state index in [2.05, 4.69) is 0 Å². The molecule has 0 spiro atoms. The van der Waals surface area contributed by atoms with E-state index >= 15 is 0 Å². The third-order valence-electron chi connectivity index (χ3n) is 2.13. The lowest BCUT2D eigenvalue weighted by molar-refractivity contribution is 0.503. The second kappa shape index (κ2) is 2.13. The molecule has 0 saturated heterocycles. The van der Waals surface area contributed by atoms with E-state index in [9.17, 15) is 0 Å². The Kier molecular flexibility index (Phi) is 1.27. The first-order valence-electron chi connectivity index (χ1n) is 3.65. The second-order valence-electron chi connectivity index (χ2n) is 2.85. The molecule has 1 saturated carbocycles. The molecular formula is C8H11NO. The van der Waals surface area contributed by atoms with E-state index in [4.69, 9.17) is 10.2 Å². The highest BCUT2D eigenvalue weighted by atomic mass is 16.3. The molecule has 1 heterocycles. The SMILES string of the molecule is NC[C@@H]1C[C@@H]1c1ccco1. The molecule has 1 aliphatic rings. The van der Waals surface area contributed by atoms with E-state index in [1.165, 1.54) is 6.42 Å². The summed E-state index contributed by atoms with van der Waals surface area (Å²) in [4.78, 5) is 0. The topological polar surface area (TPSA) is 39.2 Å². The Hall–Kier alpha value is -0.760. The fourth-order valence-electron chi connectivity index (χ4n) is 1.36. The largest absolute Gasteiger partial charge is 0.469 e. The maximum atomic E-state index is 5.49. The number of nitrogens with two attached hydrogens (primary N) is 1. The van der Waals surface area contributed by atoms with Crippen molar-refractivity contribution in [2.24, 2.45) is 11.7 Å². The van der Waals surface area contributed by atoms with Crippen molar-refractivity contribution in [2.75, 3.05) is 6.54 Å². The Morgan fingerprint density at radius 1 is 1.70 bits per heavy atom. The van der Waals surface area contributed by atoms with Gasteiger partial charge < -0.3 is 10.2 Å². The van der Waals surface area contributed by atoms with Gasteiger partial charge in [0, 0.05) is 5.92 Å². The molecule has 0 aromatic carbocycles. The van der Waals surface area contributed by atoms with Crippen molar-refractivity contribution in [3.8, 4) is 0 Å². The lowest BCUT2D eigenvalue weighted by Crippen LogP contribution is -2.01. The fraction of sp³-hybridized carbons (Fsp3) is 0.500. The normalized spacial score (nSPS) is 30.5. The molecule has 0 unspecified atom stereocenters. The van der Waals surface area contributed by atoms with Gasteiger partial charge in [-0.3, -0.25) is 0 Å². The van der Waals surface area contributed by atoms with Crippen LogP contribution in [0.15, 0.2) is 22.8 Å². The van der Waals surface area contributed by atoms with Crippen molar-refractivity contribution in [1.82, 2.24) is 0 Å². The molecule has 2 nitrogen and oxygen atoms in total. The summed E-state index contributed by atoms with van der Waals surface area (Å²) in [5, 5.41) is 0. The molecule has 1 aromatic heterocycles. The van der Waals surface area contributed by atoms with Gasteiger partial charge in [-0.05, 0) is 31.0 Å². The molecule has 0 radical (unpaired) electrons. The van der Waals surface area contributed by atoms with E-state index in [-0.39, 0.29) is 0 Å². The third-order valence-corrected chi connectivity index (χ3v) is 2.13. The van der Waals surface area contributed by atoms with E-state index < -0.39 is 0 Å². The maximum absolute atomic E-state index is 5.49. The van der Waals surface area contributed by atoms with E-state index in [1.54, 1.807) is 6.26 Å². The second-order valence-corrected chi connectivity index (χ2v) is 2.85. The minimum atomic E-state index is 0.625. The van der Waals surface area contributed by atoms with Gasteiger partial charge in [0.1, 0.15) is 5.76 Å². The predicted octanol–water partition coefficient (Wildman–Crippen LogP) is 1.34. The Bertz CT molecular complexity index is 205. The van der Waals surface area contributed by atoms with Crippen molar-refractivity contribution in [1.29, 1.82) is 0 Å². The van der Waals surface area contributed by atoms with Crippen LogP contribution in [0.5, 0.6) is 0 Å². The van der Waals surface area contributed by atoms with Crippen LogP contribution >= 0.6 is 0 Å². The average molecular weight is 137 g/mol. The summed E-state index contributed by atoms with van der Waals surface area (Å²) in [6.07, 6.45) is 2.94. The van der Waals surface area contributed by atoms with Gasteiger partial charge in [0.2, 0.25) is 0 Å². The van der Waals surface area contributed by atoms with E-state index in [0.29, 0.717) is 11.8 Å². The summed E-state index contributed by atoms with van der Waals surface area (Å²) in [6.45, 7) is 0.797. The smallest absolute Gasteiger partial charge is 0.107 e. The van der Waals surface area contributed by atoms with E-state index in [0.717, 1.165) is 12.3 Å². The van der Waals surface area contributed by atoms with Gasteiger partial charge in [-0.15, -0.1) is 0 Å². The highest BCUT2D eigenvalue weighted by molar-refractivity contribution is 5.15. The van der Waals surface area contributed by atoms with Crippen LogP contribution in [0.25, 0.3) is 0 Å². The summed E-state index contributed by atoms with van der Waals surface area (Å²) in [5.41, 5.74) is 5.49. The monoisotopic (exact) mass is 137 g/mol. The van der Waals surface area contributed by atoms with Gasteiger partial charge >= 0.3 is 0 Å². The van der Waals surface area contributed by atoms with Crippen LogP contribution in [0.1, 0.15) is 18.1 Å². The molecular weight excluding hydrogens is 126 g/mol. The lowest BCUT2D eigenvalue weighted by atomic mass is 10.2. The first-order chi connectivity index (χ1) is 4.92. The zero-order chi connectivity index (χ0) is 6.97. The molecule has 0 amide bonds. The van der Waals surface area contributed by atoms with Crippen LogP contribution in [0.4, 0.5) is 0 Å². The molecule has 2 rings (SSSR count). The first kappa shape index (κ1) is 5.98. The van der Waals surface area contributed by atoms with Crippen LogP contribution < -0.4 is 5.73 Å². The summed E-state index contributed by atoms with van der Waals surface area (Å²) >= 11 is 0. The van der Waals surface area contributed by atoms with E-state index in [1.807, 2.05) is 12.1 Å². The fourth-order valence-corrected chi connectivity index (χ4v) is 1.36. The number of furan rings is 1. The van der Waals surface area contributed by atoms with Crippen LogP contribution in [0.2, 0.25) is 0 Å². The molecule has 1 fully saturated rings. The molecule has 10 heavy (non-hydrogen) atoms. The quantitative estimate of drug-likeness (QED) is 0.668. The molecule has 2 heteroatoms.